The van der Waals surface area contributed by atoms with Crippen LogP contribution in [0.2, 0.25) is 10.0 Å². The number of rotatable bonds is 3. The van der Waals surface area contributed by atoms with Gasteiger partial charge < -0.3 is 4.74 Å². The van der Waals surface area contributed by atoms with Gasteiger partial charge in [-0.05, 0) is 18.2 Å². The lowest BCUT2D eigenvalue weighted by atomic mass is 10.2. The van der Waals surface area contributed by atoms with Crippen LogP contribution < -0.4 is 4.74 Å². The Kier molecular flexibility index (Phi) is 4.09. The lowest BCUT2D eigenvalue weighted by Gasteiger charge is -2.09. The Balaban J connectivity index is 2.18. The van der Waals surface area contributed by atoms with Gasteiger partial charge in [0.2, 0.25) is 0 Å². The average molecular weight is 278 g/mol. The van der Waals surface area contributed by atoms with Gasteiger partial charge in [0.25, 0.3) is 0 Å². The van der Waals surface area contributed by atoms with Gasteiger partial charge in [0.15, 0.2) is 0 Å². The number of halogens is 2. The fourth-order valence-corrected chi connectivity index (χ4v) is 1.83. The molecule has 0 aliphatic heterocycles. The van der Waals surface area contributed by atoms with Crippen molar-refractivity contribution in [1.29, 1.82) is 5.26 Å². The second kappa shape index (κ2) is 5.77. The predicted molar refractivity (Wildman–Crippen MR) is 72.0 cm³/mol. The quantitative estimate of drug-likeness (QED) is 0.831. The van der Waals surface area contributed by atoms with Gasteiger partial charge in [0, 0.05) is 21.7 Å². The Morgan fingerprint density at radius 2 is 1.89 bits per heavy atom. The molecule has 2 aromatic carbocycles. The molecule has 0 fully saturated rings. The van der Waals surface area contributed by atoms with Crippen LogP contribution in [-0.2, 0) is 6.61 Å². The first-order chi connectivity index (χ1) is 8.70. The zero-order valence-corrected chi connectivity index (χ0v) is 10.9. The van der Waals surface area contributed by atoms with E-state index in [1.165, 1.54) is 0 Å². The number of ether oxygens (including phenoxy) is 1. The molecule has 0 radical (unpaired) electrons. The minimum atomic E-state index is 0.300. The second-order valence-electron chi connectivity index (χ2n) is 3.63. The topological polar surface area (TPSA) is 33.0 Å². The van der Waals surface area contributed by atoms with E-state index in [0.29, 0.717) is 28.0 Å². The molecule has 0 N–H and O–H groups in total. The highest BCUT2D eigenvalue weighted by Crippen LogP contribution is 2.24. The fraction of sp³-hybridized carbons (Fsp3) is 0.0714. The number of hydrogen-bond acceptors (Lipinski definition) is 2. The van der Waals surface area contributed by atoms with E-state index in [0.717, 1.165) is 5.56 Å². The second-order valence-corrected chi connectivity index (χ2v) is 4.48. The van der Waals surface area contributed by atoms with Crippen LogP contribution in [0, 0.1) is 11.3 Å². The van der Waals surface area contributed by atoms with E-state index in [9.17, 15) is 0 Å². The Hall–Kier alpha value is -1.69. The van der Waals surface area contributed by atoms with Crippen molar-refractivity contribution in [2.45, 2.75) is 6.61 Å². The zero-order valence-electron chi connectivity index (χ0n) is 9.36. The van der Waals surface area contributed by atoms with Crippen molar-refractivity contribution in [3.8, 4) is 11.8 Å². The lowest BCUT2D eigenvalue weighted by Crippen LogP contribution is -1.98. The third kappa shape index (κ3) is 2.95. The van der Waals surface area contributed by atoms with Crippen molar-refractivity contribution in [3.05, 3.63) is 63.6 Å². The van der Waals surface area contributed by atoms with Gasteiger partial charge in [0.1, 0.15) is 18.4 Å². The summed E-state index contributed by atoms with van der Waals surface area (Å²) in [6.07, 6.45) is 0. The molecule has 2 rings (SSSR count). The van der Waals surface area contributed by atoms with Crippen molar-refractivity contribution in [3.63, 3.8) is 0 Å². The smallest absolute Gasteiger partial charge is 0.139 e. The minimum Gasteiger partial charge on any atom is -0.487 e. The van der Waals surface area contributed by atoms with Gasteiger partial charge in [-0.15, -0.1) is 0 Å². The molecule has 0 aromatic heterocycles. The van der Waals surface area contributed by atoms with Crippen LogP contribution in [0.1, 0.15) is 11.1 Å². The fourth-order valence-electron chi connectivity index (χ4n) is 1.48. The molecular weight excluding hydrogens is 269 g/mol. The molecule has 0 heterocycles. The minimum absolute atomic E-state index is 0.300. The molecular formula is C14H9Cl2NO. The molecule has 0 saturated carbocycles. The third-order valence-electron chi connectivity index (χ3n) is 2.41. The number of hydrogen-bond donors (Lipinski definition) is 0. The van der Waals surface area contributed by atoms with Crippen molar-refractivity contribution in [2.24, 2.45) is 0 Å². The average Bonchev–Trinajstić information content (AvgIpc) is 2.38. The van der Waals surface area contributed by atoms with Crippen LogP contribution in [0.5, 0.6) is 5.75 Å². The summed E-state index contributed by atoms with van der Waals surface area (Å²) in [4.78, 5) is 0. The molecule has 0 aliphatic rings. The van der Waals surface area contributed by atoms with E-state index in [-0.39, 0.29) is 0 Å². The van der Waals surface area contributed by atoms with Crippen LogP contribution in [0.15, 0.2) is 42.5 Å². The number of nitriles is 1. The summed E-state index contributed by atoms with van der Waals surface area (Å²) in [7, 11) is 0. The van der Waals surface area contributed by atoms with E-state index in [1.54, 1.807) is 24.3 Å². The van der Waals surface area contributed by atoms with E-state index >= 15 is 0 Å². The summed E-state index contributed by atoms with van der Waals surface area (Å²) in [5, 5.41) is 10.1. The first-order valence-electron chi connectivity index (χ1n) is 5.26. The van der Waals surface area contributed by atoms with Gasteiger partial charge >= 0.3 is 0 Å². The summed E-state index contributed by atoms with van der Waals surface area (Å²) in [5.41, 5.74) is 1.31. The standard InChI is InChI=1S/C14H9Cl2NO/c15-12-6-5-10(8-17)14(7-12)18-9-11-3-1-2-4-13(11)16/h1-7H,9H2. The molecule has 0 unspecified atom stereocenters. The number of nitrogens with zero attached hydrogens (tertiary/aromatic N) is 1. The van der Waals surface area contributed by atoms with Crippen molar-refractivity contribution < 1.29 is 4.74 Å². The van der Waals surface area contributed by atoms with Crippen molar-refractivity contribution in [1.82, 2.24) is 0 Å². The summed E-state index contributed by atoms with van der Waals surface area (Å²) in [5.74, 6) is 0.463. The summed E-state index contributed by atoms with van der Waals surface area (Å²) < 4.78 is 5.58. The SMILES string of the molecule is N#Cc1ccc(Cl)cc1OCc1ccccc1Cl. The van der Waals surface area contributed by atoms with Gasteiger partial charge in [-0.25, -0.2) is 0 Å². The van der Waals surface area contributed by atoms with Crippen LogP contribution in [0.4, 0.5) is 0 Å². The Labute approximate surface area is 115 Å². The molecule has 0 spiro atoms. The molecule has 18 heavy (non-hydrogen) atoms. The Morgan fingerprint density at radius 3 is 2.61 bits per heavy atom. The van der Waals surface area contributed by atoms with Gasteiger partial charge in [-0.2, -0.15) is 5.26 Å². The molecule has 2 aromatic rings. The monoisotopic (exact) mass is 277 g/mol. The summed E-state index contributed by atoms with van der Waals surface area (Å²) in [6, 6.07) is 14.4. The highest BCUT2D eigenvalue weighted by atomic mass is 35.5. The maximum absolute atomic E-state index is 8.96. The Bertz CT molecular complexity index is 605. The highest BCUT2D eigenvalue weighted by Gasteiger charge is 2.06. The maximum Gasteiger partial charge on any atom is 0.139 e. The van der Waals surface area contributed by atoms with Gasteiger partial charge in [-0.3, -0.25) is 0 Å². The van der Waals surface area contributed by atoms with Gasteiger partial charge in [0.05, 0.1) is 5.56 Å². The molecule has 2 nitrogen and oxygen atoms in total. The van der Waals surface area contributed by atoms with E-state index < -0.39 is 0 Å². The van der Waals surface area contributed by atoms with Crippen LogP contribution in [0.25, 0.3) is 0 Å². The predicted octanol–water partition coefficient (Wildman–Crippen LogP) is 4.44. The largest absolute Gasteiger partial charge is 0.487 e. The Morgan fingerprint density at radius 1 is 1.11 bits per heavy atom. The molecule has 0 saturated heterocycles. The van der Waals surface area contributed by atoms with Crippen molar-refractivity contribution in [2.75, 3.05) is 0 Å². The number of benzene rings is 2. The molecule has 0 bridgehead atoms. The van der Waals surface area contributed by atoms with Crippen LogP contribution >= 0.6 is 23.2 Å². The maximum atomic E-state index is 8.96. The summed E-state index contributed by atoms with van der Waals surface area (Å²) >= 11 is 11.9. The summed E-state index contributed by atoms with van der Waals surface area (Å²) in [6.45, 7) is 0.300. The van der Waals surface area contributed by atoms with Crippen LogP contribution in [0.3, 0.4) is 0 Å². The molecule has 0 aliphatic carbocycles. The first kappa shape index (κ1) is 12.8. The van der Waals surface area contributed by atoms with Crippen LogP contribution in [-0.4, -0.2) is 0 Å². The lowest BCUT2D eigenvalue weighted by molar-refractivity contribution is 0.305. The first-order valence-corrected chi connectivity index (χ1v) is 6.02. The van der Waals surface area contributed by atoms with E-state index in [4.69, 9.17) is 33.2 Å². The molecule has 90 valence electrons. The normalized spacial score (nSPS) is 9.83. The highest BCUT2D eigenvalue weighted by molar-refractivity contribution is 6.31. The van der Waals surface area contributed by atoms with E-state index in [2.05, 4.69) is 6.07 Å². The zero-order chi connectivity index (χ0) is 13.0. The van der Waals surface area contributed by atoms with E-state index in [1.807, 2.05) is 18.2 Å². The van der Waals surface area contributed by atoms with Gasteiger partial charge in [-0.1, -0.05) is 41.4 Å². The third-order valence-corrected chi connectivity index (χ3v) is 3.01. The molecule has 0 atom stereocenters. The molecule has 0 amide bonds. The van der Waals surface area contributed by atoms with Crippen molar-refractivity contribution >= 4 is 23.2 Å². The molecule has 4 heteroatoms.